The van der Waals surface area contributed by atoms with Crippen molar-refractivity contribution in [2.24, 2.45) is 5.73 Å². The summed E-state index contributed by atoms with van der Waals surface area (Å²) < 4.78 is 44.7. The molecule has 90 valence electrons. The maximum atomic E-state index is 13.5. The van der Waals surface area contributed by atoms with Gasteiger partial charge in [0.15, 0.2) is 23.2 Å². The molecule has 0 saturated carbocycles. The smallest absolute Gasteiger partial charge is 0.168 e. The summed E-state index contributed by atoms with van der Waals surface area (Å²) in [4.78, 5) is 0. The Morgan fingerprint density at radius 1 is 1.31 bits per heavy atom. The topological polar surface area (TPSA) is 35.2 Å². The molecule has 1 aromatic rings. The van der Waals surface area contributed by atoms with E-state index in [1.165, 1.54) is 7.11 Å². The zero-order valence-corrected chi connectivity index (χ0v) is 9.19. The molecule has 0 aliphatic rings. The summed E-state index contributed by atoms with van der Waals surface area (Å²) in [5.74, 6) is -3.83. The standard InChI is InChI=1S/C11H14F3NO/c1-6(3-4-15)9-10(14)7(12)5-8(13)11(9)16-2/h5-6H,3-4,15H2,1-2H3. The predicted octanol–water partition coefficient (Wildman–Crippen LogP) is 2.56. The number of hydrogen-bond donors (Lipinski definition) is 1. The summed E-state index contributed by atoms with van der Waals surface area (Å²) in [6.45, 7) is 1.95. The minimum Gasteiger partial charge on any atom is -0.493 e. The van der Waals surface area contributed by atoms with Crippen LogP contribution in [0.25, 0.3) is 0 Å². The van der Waals surface area contributed by atoms with Crippen LogP contribution in [0.2, 0.25) is 0 Å². The molecule has 0 aliphatic carbocycles. The van der Waals surface area contributed by atoms with E-state index in [-0.39, 0.29) is 11.3 Å². The fourth-order valence-corrected chi connectivity index (χ4v) is 1.64. The first-order valence-corrected chi connectivity index (χ1v) is 4.94. The molecule has 5 heteroatoms. The first-order chi connectivity index (χ1) is 7.52. The van der Waals surface area contributed by atoms with Crippen molar-refractivity contribution < 1.29 is 17.9 Å². The van der Waals surface area contributed by atoms with Gasteiger partial charge in [0.05, 0.1) is 7.11 Å². The highest BCUT2D eigenvalue weighted by molar-refractivity contribution is 5.39. The maximum Gasteiger partial charge on any atom is 0.168 e. The van der Waals surface area contributed by atoms with Crippen LogP contribution in [0.5, 0.6) is 5.75 Å². The quantitative estimate of drug-likeness (QED) is 0.811. The lowest BCUT2D eigenvalue weighted by Crippen LogP contribution is -2.10. The molecule has 0 aromatic heterocycles. The largest absolute Gasteiger partial charge is 0.493 e. The molecule has 1 rings (SSSR count). The molecule has 2 N–H and O–H groups in total. The number of rotatable bonds is 4. The van der Waals surface area contributed by atoms with Gasteiger partial charge in [0.2, 0.25) is 0 Å². The number of benzene rings is 1. The van der Waals surface area contributed by atoms with Crippen molar-refractivity contribution in [2.45, 2.75) is 19.3 Å². The first-order valence-electron chi connectivity index (χ1n) is 4.94. The fraction of sp³-hybridized carbons (Fsp3) is 0.455. The van der Waals surface area contributed by atoms with Crippen molar-refractivity contribution in [1.82, 2.24) is 0 Å². The molecule has 0 aliphatic heterocycles. The van der Waals surface area contributed by atoms with E-state index in [2.05, 4.69) is 0 Å². The average molecular weight is 233 g/mol. The number of hydrogen-bond acceptors (Lipinski definition) is 2. The van der Waals surface area contributed by atoms with Crippen LogP contribution in [0, 0.1) is 17.5 Å². The highest BCUT2D eigenvalue weighted by Crippen LogP contribution is 2.34. The Labute approximate surface area is 92.2 Å². The zero-order valence-electron chi connectivity index (χ0n) is 9.19. The lowest BCUT2D eigenvalue weighted by Gasteiger charge is -2.16. The molecule has 0 fully saturated rings. The highest BCUT2D eigenvalue weighted by atomic mass is 19.2. The van der Waals surface area contributed by atoms with Crippen molar-refractivity contribution in [3.05, 3.63) is 29.1 Å². The monoisotopic (exact) mass is 233 g/mol. The Morgan fingerprint density at radius 2 is 1.94 bits per heavy atom. The first kappa shape index (κ1) is 12.8. The Kier molecular flexibility index (Phi) is 4.18. The summed E-state index contributed by atoms with van der Waals surface area (Å²) in [5.41, 5.74) is 5.24. The number of methoxy groups -OCH3 is 1. The second kappa shape index (κ2) is 5.21. The molecule has 0 saturated heterocycles. The Hall–Kier alpha value is -1.23. The summed E-state index contributed by atoms with van der Waals surface area (Å²) in [7, 11) is 1.22. The minimum absolute atomic E-state index is 0.0922. The van der Waals surface area contributed by atoms with Crippen molar-refractivity contribution in [2.75, 3.05) is 13.7 Å². The van der Waals surface area contributed by atoms with Crippen molar-refractivity contribution >= 4 is 0 Å². The fourth-order valence-electron chi connectivity index (χ4n) is 1.64. The van der Waals surface area contributed by atoms with Gasteiger partial charge in [-0.25, -0.2) is 13.2 Å². The molecule has 1 unspecified atom stereocenters. The molecule has 0 amide bonds. The maximum absolute atomic E-state index is 13.5. The minimum atomic E-state index is -1.21. The van der Waals surface area contributed by atoms with Crippen LogP contribution >= 0.6 is 0 Å². The Bertz CT molecular complexity index is 382. The molecule has 0 radical (unpaired) electrons. The molecule has 0 bridgehead atoms. The van der Waals surface area contributed by atoms with Crippen molar-refractivity contribution in [1.29, 1.82) is 0 Å². The van der Waals surface area contributed by atoms with Crippen LogP contribution in [0.4, 0.5) is 13.2 Å². The molecular weight excluding hydrogens is 219 g/mol. The highest BCUT2D eigenvalue weighted by Gasteiger charge is 2.23. The van der Waals surface area contributed by atoms with E-state index in [0.717, 1.165) is 0 Å². The number of ether oxygens (including phenoxy) is 1. The van der Waals surface area contributed by atoms with Gasteiger partial charge in [-0.3, -0.25) is 0 Å². The third kappa shape index (κ3) is 2.29. The normalized spacial score (nSPS) is 12.6. The van der Waals surface area contributed by atoms with E-state index in [0.29, 0.717) is 19.0 Å². The van der Waals surface area contributed by atoms with Gasteiger partial charge in [-0.15, -0.1) is 0 Å². The van der Waals surface area contributed by atoms with Crippen molar-refractivity contribution in [3.8, 4) is 5.75 Å². The molecule has 0 heterocycles. The number of halogens is 3. The third-order valence-electron chi connectivity index (χ3n) is 2.46. The van der Waals surface area contributed by atoms with E-state index >= 15 is 0 Å². The van der Waals surface area contributed by atoms with Crippen LogP contribution in [-0.2, 0) is 0 Å². The second-order valence-corrected chi connectivity index (χ2v) is 3.58. The van der Waals surface area contributed by atoms with Gasteiger partial charge >= 0.3 is 0 Å². The van der Waals surface area contributed by atoms with Gasteiger partial charge in [0.25, 0.3) is 0 Å². The van der Waals surface area contributed by atoms with Gasteiger partial charge in [0, 0.05) is 11.6 Å². The van der Waals surface area contributed by atoms with E-state index < -0.39 is 23.4 Å². The Morgan fingerprint density at radius 3 is 2.44 bits per heavy atom. The van der Waals surface area contributed by atoms with E-state index in [4.69, 9.17) is 10.5 Å². The lowest BCUT2D eigenvalue weighted by atomic mass is 9.96. The predicted molar refractivity (Wildman–Crippen MR) is 55.0 cm³/mol. The van der Waals surface area contributed by atoms with Gasteiger partial charge < -0.3 is 10.5 Å². The second-order valence-electron chi connectivity index (χ2n) is 3.58. The molecule has 0 spiro atoms. The summed E-state index contributed by atoms with van der Waals surface area (Å²) in [5, 5.41) is 0. The molecule has 1 aromatic carbocycles. The SMILES string of the molecule is COc1c(F)cc(F)c(F)c1C(C)CCN. The van der Waals surface area contributed by atoms with Crippen molar-refractivity contribution in [3.63, 3.8) is 0 Å². The molecule has 16 heavy (non-hydrogen) atoms. The van der Waals surface area contributed by atoms with Gasteiger partial charge in [-0.2, -0.15) is 0 Å². The molecule has 2 nitrogen and oxygen atoms in total. The van der Waals surface area contributed by atoms with Gasteiger partial charge in [0.1, 0.15) is 0 Å². The summed E-state index contributed by atoms with van der Waals surface area (Å²) >= 11 is 0. The van der Waals surface area contributed by atoms with Crippen LogP contribution in [0.1, 0.15) is 24.8 Å². The third-order valence-corrected chi connectivity index (χ3v) is 2.46. The van der Waals surface area contributed by atoms with Crippen LogP contribution < -0.4 is 10.5 Å². The number of nitrogens with two attached hydrogens (primary N) is 1. The van der Waals surface area contributed by atoms with E-state index in [1.54, 1.807) is 6.92 Å². The zero-order chi connectivity index (χ0) is 12.3. The molecular formula is C11H14F3NO. The van der Waals surface area contributed by atoms with Crippen LogP contribution in [0.15, 0.2) is 6.07 Å². The van der Waals surface area contributed by atoms with Crippen LogP contribution in [-0.4, -0.2) is 13.7 Å². The van der Waals surface area contributed by atoms with Gasteiger partial charge in [-0.05, 0) is 18.9 Å². The molecule has 1 atom stereocenters. The van der Waals surface area contributed by atoms with Crippen LogP contribution in [0.3, 0.4) is 0 Å². The van der Waals surface area contributed by atoms with E-state index in [1.807, 2.05) is 0 Å². The summed E-state index contributed by atoms with van der Waals surface area (Å²) in [6, 6.07) is 0.479. The Balaban J connectivity index is 3.32. The lowest BCUT2D eigenvalue weighted by molar-refractivity contribution is 0.362. The van der Waals surface area contributed by atoms with E-state index in [9.17, 15) is 13.2 Å². The average Bonchev–Trinajstić information content (AvgIpc) is 2.23. The van der Waals surface area contributed by atoms with Gasteiger partial charge in [-0.1, -0.05) is 6.92 Å². The summed E-state index contributed by atoms with van der Waals surface area (Å²) in [6.07, 6.45) is 0.427.